The van der Waals surface area contributed by atoms with E-state index in [0.717, 1.165) is 45.2 Å². The fourth-order valence-electron chi connectivity index (χ4n) is 4.19. The second-order valence-electron chi connectivity index (χ2n) is 8.80. The summed E-state index contributed by atoms with van der Waals surface area (Å²) in [5.41, 5.74) is -0.243. The van der Waals surface area contributed by atoms with Crippen molar-refractivity contribution in [2.45, 2.75) is 64.5 Å². The van der Waals surface area contributed by atoms with Crippen LogP contribution in [0.25, 0.3) is 0 Å². The molecule has 0 radical (unpaired) electrons. The Hall–Kier alpha value is -1.27. The van der Waals surface area contributed by atoms with Gasteiger partial charge in [0.2, 0.25) is 5.28 Å². The Morgan fingerprint density at radius 3 is 2.59 bits per heavy atom. The maximum absolute atomic E-state index is 12.4. The summed E-state index contributed by atoms with van der Waals surface area (Å²) in [6, 6.07) is 0.356. The van der Waals surface area contributed by atoms with E-state index in [1.54, 1.807) is 6.20 Å². The average Bonchev–Trinajstić information content (AvgIpc) is 3.00. The lowest BCUT2D eigenvalue weighted by Gasteiger charge is -2.41. The van der Waals surface area contributed by atoms with Crippen molar-refractivity contribution in [2.75, 3.05) is 25.0 Å². The number of amides is 1. The normalized spacial score (nSPS) is 25.7. The van der Waals surface area contributed by atoms with E-state index in [1.807, 2.05) is 32.7 Å². The Kier molecular flexibility index (Phi) is 5.78. The second kappa shape index (κ2) is 7.63. The molecule has 1 aliphatic carbocycles. The fraction of sp³-hybridized carbons (Fsp3) is 0.737. The topological polar surface area (TPSA) is 58.6 Å². The van der Waals surface area contributed by atoms with Crippen LogP contribution in [0, 0.1) is 5.41 Å². The predicted molar refractivity (Wildman–Crippen MR) is 108 cm³/mol. The summed E-state index contributed by atoms with van der Waals surface area (Å²) in [7, 11) is 2.01. The van der Waals surface area contributed by atoms with Crippen molar-refractivity contribution in [3.05, 3.63) is 16.5 Å². The Labute approximate surface area is 171 Å². The molecule has 0 aromatic carbocycles. The van der Waals surface area contributed by atoms with E-state index < -0.39 is 5.60 Å². The van der Waals surface area contributed by atoms with Crippen LogP contribution in [0.5, 0.6) is 0 Å². The number of hydrogen-bond acceptors (Lipinski definition) is 5. The van der Waals surface area contributed by atoms with Crippen LogP contribution in [0.1, 0.15) is 52.9 Å². The number of ether oxygens (including phenoxy) is 1. The lowest BCUT2D eigenvalue weighted by atomic mass is 9.71. The Balaban J connectivity index is 1.59. The summed E-state index contributed by atoms with van der Waals surface area (Å²) < 4.78 is 5.53. The molecule has 1 aromatic heterocycles. The van der Waals surface area contributed by atoms with E-state index in [1.165, 1.54) is 0 Å². The zero-order valence-electron chi connectivity index (χ0n) is 16.5. The number of carbonyl (C=O) groups is 1. The van der Waals surface area contributed by atoms with Crippen molar-refractivity contribution < 1.29 is 9.53 Å². The number of hydrogen-bond donors (Lipinski definition) is 0. The first-order valence-corrected chi connectivity index (χ1v) is 10.2. The Morgan fingerprint density at radius 2 is 1.96 bits per heavy atom. The standard InChI is InChI=1S/C19H28Cl2N4O2/c1-18(2,3)27-17(26)25-10-9-19(12-25)7-5-13(6-8-19)24(4)15-14(20)11-22-16(21)23-15/h11,13H,5-10,12H2,1-4H3. The highest BCUT2D eigenvalue weighted by atomic mass is 35.5. The van der Waals surface area contributed by atoms with Gasteiger partial charge in [0.25, 0.3) is 0 Å². The molecule has 1 aromatic rings. The third-order valence-electron chi connectivity index (χ3n) is 5.68. The third kappa shape index (κ3) is 4.77. The third-order valence-corrected chi connectivity index (χ3v) is 6.13. The van der Waals surface area contributed by atoms with Gasteiger partial charge < -0.3 is 14.5 Å². The molecule has 2 aliphatic rings. The molecule has 150 valence electrons. The summed E-state index contributed by atoms with van der Waals surface area (Å²) >= 11 is 12.2. The molecule has 0 atom stereocenters. The minimum absolute atomic E-state index is 0.193. The van der Waals surface area contributed by atoms with E-state index in [9.17, 15) is 4.79 Å². The summed E-state index contributed by atoms with van der Waals surface area (Å²) in [5.74, 6) is 0.680. The molecule has 8 heteroatoms. The number of rotatable bonds is 2. The minimum atomic E-state index is -0.453. The van der Waals surface area contributed by atoms with Crippen molar-refractivity contribution in [1.82, 2.24) is 14.9 Å². The van der Waals surface area contributed by atoms with Crippen LogP contribution in [0.3, 0.4) is 0 Å². The molecule has 0 bridgehead atoms. The van der Waals surface area contributed by atoms with Crippen molar-refractivity contribution in [1.29, 1.82) is 0 Å². The molecule has 1 amide bonds. The van der Waals surface area contributed by atoms with Crippen LogP contribution < -0.4 is 4.90 Å². The molecule has 1 aliphatic heterocycles. The van der Waals surface area contributed by atoms with Crippen LogP contribution in [-0.2, 0) is 4.74 Å². The summed E-state index contributed by atoms with van der Waals surface area (Å²) in [6.07, 6.45) is 6.63. The van der Waals surface area contributed by atoms with Gasteiger partial charge in [0.1, 0.15) is 10.6 Å². The van der Waals surface area contributed by atoms with Crippen LogP contribution >= 0.6 is 23.2 Å². The molecular formula is C19H28Cl2N4O2. The number of nitrogens with zero attached hydrogens (tertiary/aromatic N) is 4. The van der Waals surface area contributed by atoms with Gasteiger partial charge in [0.15, 0.2) is 5.82 Å². The number of carbonyl (C=O) groups excluding carboxylic acids is 1. The lowest BCUT2D eigenvalue weighted by Crippen LogP contribution is -2.42. The zero-order valence-corrected chi connectivity index (χ0v) is 18.0. The first kappa shape index (κ1) is 20.5. The van der Waals surface area contributed by atoms with Crippen molar-refractivity contribution in [3.63, 3.8) is 0 Å². The first-order chi connectivity index (χ1) is 12.6. The van der Waals surface area contributed by atoms with Crippen LogP contribution in [0.15, 0.2) is 6.20 Å². The largest absolute Gasteiger partial charge is 0.444 e. The first-order valence-electron chi connectivity index (χ1n) is 9.47. The van der Waals surface area contributed by atoms with E-state index in [4.69, 9.17) is 27.9 Å². The van der Waals surface area contributed by atoms with Gasteiger partial charge in [-0.05, 0) is 69.9 Å². The molecular weight excluding hydrogens is 387 g/mol. The molecule has 0 N–H and O–H groups in total. The highest BCUT2D eigenvalue weighted by Gasteiger charge is 2.44. The summed E-state index contributed by atoms with van der Waals surface area (Å²) in [5, 5.41) is 0.719. The maximum Gasteiger partial charge on any atom is 0.410 e. The van der Waals surface area contributed by atoms with E-state index >= 15 is 0 Å². The van der Waals surface area contributed by atoms with Gasteiger partial charge >= 0.3 is 6.09 Å². The number of likely N-dealkylation sites (tertiary alicyclic amines) is 1. The van der Waals surface area contributed by atoms with Gasteiger partial charge in [0.05, 0.1) is 6.20 Å². The minimum Gasteiger partial charge on any atom is -0.444 e. The molecule has 3 rings (SSSR count). The van der Waals surface area contributed by atoms with Crippen molar-refractivity contribution >= 4 is 35.1 Å². The highest BCUT2D eigenvalue weighted by Crippen LogP contribution is 2.45. The van der Waals surface area contributed by atoms with Crippen LogP contribution in [-0.4, -0.2) is 52.7 Å². The number of anilines is 1. The molecule has 27 heavy (non-hydrogen) atoms. The monoisotopic (exact) mass is 414 g/mol. The molecule has 6 nitrogen and oxygen atoms in total. The molecule has 1 saturated carbocycles. The summed E-state index contributed by atoms with van der Waals surface area (Å²) in [6.45, 7) is 7.29. The smallest absolute Gasteiger partial charge is 0.410 e. The van der Waals surface area contributed by atoms with Gasteiger partial charge in [-0.1, -0.05) is 11.6 Å². The zero-order chi connectivity index (χ0) is 19.8. The van der Waals surface area contributed by atoms with E-state index in [0.29, 0.717) is 16.9 Å². The molecule has 2 heterocycles. The van der Waals surface area contributed by atoms with Gasteiger partial charge in [-0.3, -0.25) is 0 Å². The van der Waals surface area contributed by atoms with Crippen LogP contribution in [0.2, 0.25) is 10.3 Å². The quantitative estimate of drug-likeness (QED) is 0.650. The molecule has 1 spiro atoms. The van der Waals surface area contributed by atoms with Gasteiger partial charge in [-0.2, -0.15) is 4.98 Å². The highest BCUT2D eigenvalue weighted by molar-refractivity contribution is 6.33. The van der Waals surface area contributed by atoms with Gasteiger partial charge in [-0.15, -0.1) is 0 Å². The second-order valence-corrected chi connectivity index (χ2v) is 9.55. The van der Waals surface area contributed by atoms with Crippen LogP contribution in [0.4, 0.5) is 10.6 Å². The SMILES string of the molecule is CN(c1nc(Cl)ncc1Cl)C1CCC2(CC1)CCN(C(=O)OC(C)(C)C)C2. The maximum atomic E-state index is 12.4. The Bertz CT molecular complexity index is 699. The fourth-order valence-corrected chi connectivity index (χ4v) is 4.54. The van der Waals surface area contributed by atoms with Crippen molar-refractivity contribution in [2.24, 2.45) is 5.41 Å². The molecule has 1 saturated heterocycles. The predicted octanol–water partition coefficient (Wildman–Crippen LogP) is 4.79. The lowest BCUT2D eigenvalue weighted by molar-refractivity contribution is 0.0261. The average molecular weight is 415 g/mol. The number of aromatic nitrogens is 2. The Morgan fingerprint density at radius 1 is 1.30 bits per heavy atom. The molecule has 2 fully saturated rings. The van der Waals surface area contributed by atoms with Crippen molar-refractivity contribution in [3.8, 4) is 0 Å². The van der Waals surface area contributed by atoms with E-state index in [-0.39, 0.29) is 16.8 Å². The number of halogens is 2. The van der Waals surface area contributed by atoms with Gasteiger partial charge in [-0.25, -0.2) is 9.78 Å². The van der Waals surface area contributed by atoms with E-state index in [2.05, 4.69) is 14.9 Å². The summed E-state index contributed by atoms with van der Waals surface area (Å²) in [4.78, 5) is 24.6. The molecule has 0 unspecified atom stereocenters. The van der Waals surface area contributed by atoms with Gasteiger partial charge in [0, 0.05) is 26.2 Å².